The molecule has 0 aliphatic rings. The average molecular weight is 504 g/mol. The Morgan fingerprint density at radius 3 is 2.71 bits per heavy atom. The van der Waals surface area contributed by atoms with Gasteiger partial charge in [-0.1, -0.05) is 41.5 Å². The van der Waals surface area contributed by atoms with Crippen LogP contribution in [0.5, 0.6) is 0 Å². The monoisotopic (exact) mass is 503 g/mol. The maximum Gasteiger partial charge on any atom is 0.280 e. The minimum Gasteiger partial charge on any atom is -0.305 e. The van der Waals surface area contributed by atoms with E-state index in [1.165, 1.54) is 17.4 Å². The summed E-state index contributed by atoms with van der Waals surface area (Å²) in [7, 11) is -3.37. The van der Waals surface area contributed by atoms with Crippen LogP contribution in [0.4, 0.5) is 0 Å². The van der Waals surface area contributed by atoms with E-state index in [1.54, 1.807) is 34.1 Å². The first kappa shape index (κ1) is 22.2. The van der Waals surface area contributed by atoms with E-state index >= 15 is 0 Å². The number of carbonyl (C=O) groups is 1. The summed E-state index contributed by atoms with van der Waals surface area (Å²) in [5.41, 5.74) is 2.58. The maximum atomic E-state index is 13.5. The molecule has 9 heteroatoms. The molecule has 34 heavy (non-hydrogen) atoms. The molecule has 168 valence electrons. The van der Waals surface area contributed by atoms with Gasteiger partial charge >= 0.3 is 0 Å². The minimum atomic E-state index is -3.37. The molecule has 0 spiro atoms. The molecule has 0 bridgehead atoms. The molecule has 3 heterocycles. The molecule has 1 amide bonds. The Hall–Kier alpha value is -3.58. The third kappa shape index (κ3) is 4.07. The van der Waals surface area contributed by atoms with Crippen LogP contribution in [-0.4, -0.2) is 30.1 Å². The van der Waals surface area contributed by atoms with Gasteiger partial charge in [-0.05, 0) is 41.8 Å². The number of hydrogen-bond donors (Lipinski definition) is 0. The SMILES string of the molecule is C#CCn1c(=NC(=O)c2cc(-c3cccs3)nc3ccccc23)sc2cc(S(C)(=O)=O)ccc21. The van der Waals surface area contributed by atoms with E-state index in [0.29, 0.717) is 31.7 Å². The van der Waals surface area contributed by atoms with Crippen molar-refractivity contribution in [2.75, 3.05) is 6.26 Å². The molecule has 0 fully saturated rings. The van der Waals surface area contributed by atoms with E-state index in [4.69, 9.17) is 11.4 Å². The van der Waals surface area contributed by atoms with Gasteiger partial charge < -0.3 is 4.57 Å². The summed E-state index contributed by atoms with van der Waals surface area (Å²) >= 11 is 2.77. The number of thiophene rings is 1. The Kier molecular flexibility index (Phi) is 5.65. The highest BCUT2D eigenvalue weighted by atomic mass is 32.2. The van der Waals surface area contributed by atoms with Crippen molar-refractivity contribution in [3.8, 4) is 22.9 Å². The molecule has 5 rings (SSSR count). The molecule has 0 saturated carbocycles. The standard InChI is InChI=1S/C25H17N3O3S3/c1-3-12-28-21-11-10-16(34(2,30)31)14-23(21)33-25(28)27-24(29)18-15-20(22-9-6-13-32-22)26-19-8-5-4-7-17(18)19/h1,4-11,13-15H,12H2,2H3. The lowest BCUT2D eigenvalue weighted by atomic mass is 10.1. The summed E-state index contributed by atoms with van der Waals surface area (Å²) in [6, 6.07) is 17.9. The van der Waals surface area contributed by atoms with Crippen LogP contribution in [0.25, 0.3) is 31.7 Å². The van der Waals surface area contributed by atoms with Gasteiger partial charge in [-0.25, -0.2) is 13.4 Å². The molecule has 0 N–H and O–H groups in total. The second kappa shape index (κ2) is 8.65. The molecule has 0 aliphatic carbocycles. The number of carbonyl (C=O) groups excluding carboxylic acids is 1. The highest BCUT2D eigenvalue weighted by molar-refractivity contribution is 7.90. The number of amides is 1. The molecule has 6 nitrogen and oxygen atoms in total. The van der Waals surface area contributed by atoms with Gasteiger partial charge in [0.25, 0.3) is 5.91 Å². The Balaban J connectivity index is 1.71. The fourth-order valence-electron chi connectivity index (χ4n) is 3.66. The lowest BCUT2D eigenvalue weighted by Crippen LogP contribution is -2.16. The number of aromatic nitrogens is 2. The van der Waals surface area contributed by atoms with Crippen LogP contribution in [0, 0.1) is 12.3 Å². The number of thiazole rings is 1. The normalized spacial score (nSPS) is 12.3. The van der Waals surface area contributed by atoms with Gasteiger partial charge in [-0.2, -0.15) is 4.99 Å². The Labute approximate surface area is 203 Å². The molecule has 0 radical (unpaired) electrons. The van der Waals surface area contributed by atoms with E-state index in [1.807, 2.05) is 41.8 Å². The van der Waals surface area contributed by atoms with Crippen LogP contribution < -0.4 is 4.80 Å². The quantitative estimate of drug-likeness (QED) is 0.331. The van der Waals surface area contributed by atoms with E-state index < -0.39 is 15.7 Å². The summed E-state index contributed by atoms with van der Waals surface area (Å²) in [5.74, 6) is 2.17. The summed E-state index contributed by atoms with van der Waals surface area (Å²) in [6.45, 7) is 0.196. The third-order valence-corrected chi connectivity index (χ3v) is 8.29. The van der Waals surface area contributed by atoms with E-state index in [0.717, 1.165) is 16.6 Å². The van der Waals surface area contributed by atoms with Crippen LogP contribution >= 0.6 is 22.7 Å². The molecule has 3 aromatic heterocycles. The van der Waals surface area contributed by atoms with Gasteiger partial charge in [0.05, 0.1) is 43.3 Å². The molecule has 0 atom stereocenters. The van der Waals surface area contributed by atoms with Crippen LogP contribution in [-0.2, 0) is 16.4 Å². The summed E-state index contributed by atoms with van der Waals surface area (Å²) in [5, 5.41) is 2.67. The van der Waals surface area contributed by atoms with Crippen molar-refractivity contribution in [1.29, 1.82) is 0 Å². The fourth-order valence-corrected chi connectivity index (χ4v) is 6.14. The van der Waals surface area contributed by atoms with Crippen molar-refractivity contribution in [2.24, 2.45) is 4.99 Å². The molecule has 0 aliphatic heterocycles. The van der Waals surface area contributed by atoms with Crippen molar-refractivity contribution < 1.29 is 13.2 Å². The number of terminal acetylenes is 1. The zero-order valence-electron chi connectivity index (χ0n) is 17.9. The smallest absolute Gasteiger partial charge is 0.280 e. The largest absolute Gasteiger partial charge is 0.305 e. The Morgan fingerprint density at radius 1 is 1.15 bits per heavy atom. The molecular weight excluding hydrogens is 486 g/mol. The van der Waals surface area contributed by atoms with Gasteiger partial charge in [-0.3, -0.25) is 4.79 Å². The molecule has 0 saturated heterocycles. The number of sulfone groups is 1. The van der Waals surface area contributed by atoms with Gasteiger partial charge in [0, 0.05) is 11.6 Å². The first-order valence-electron chi connectivity index (χ1n) is 10.1. The molecular formula is C25H17N3O3S3. The van der Waals surface area contributed by atoms with Crippen molar-refractivity contribution in [1.82, 2.24) is 9.55 Å². The Bertz CT molecular complexity index is 1790. The van der Waals surface area contributed by atoms with Crippen molar-refractivity contribution in [3.05, 3.63) is 76.4 Å². The van der Waals surface area contributed by atoms with Gasteiger partial charge in [0.1, 0.15) is 0 Å². The van der Waals surface area contributed by atoms with Gasteiger partial charge in [0.15, 0.2) is 14.6 Å². The highest BCUT2D eigenvalue weighted by Gasteiger charge is 2.16. The zero-order valence-corrected chi connectivity index (χ0v) is 20.4. The number of hydrogen-bond acceptors (Lipinski definition) is 6. The summed E-state index contributed by atoms with van der Waals surface area (Å²) in [4.78, 5) is 24.2. The second-order valence-electron chi connectivity index (χ2n) is 7.54. The summed E-state index contributed by atoms with van der Waals surface area (Å²) < 4.78 is 26.4. The van der Waals surface area contributed by atoms with Gasteiger partial charge in [-0.15, -0.1) is 17.8 Å². The van der Waals surface area contributed by atoms with Crippen molar-refractivity contribution >= 4 is 59.5 Å². The van der Waals surface area contributed by atoms with Crippen LogP contribution in [0.15, 0.2) is 75.9 Å². The minimum absolute atomic E-state index is 0.196. The van der Waals surface area contributed by atoms with Crippen LogP contribution in [0.3, 0.4) is 0 Å². The molecule has 5 aromatic rings. The first-order chi connectivity index (χ1) is 16.3. The van der Waals surface area contributed by atoms with E-state index in [9.17, 15) is 13.2 Å². The third-order valence-electron chi connectivity index (χ3n) is 5.25. The van der Waals surface area contributed by atoms with E-state index in [2.05, 4.69) is 10.9 Å². The van der Waals surface area contributed by atoms with Crippen molar-refractivity contribution in [2.45, 2.75) is 11.4 Å². The van der Waals surface area contributed by atoms with Gasteiger partial charge in [0.2, 0.25) is 0 Å². The first-order valence-corrected chi connectivity index (χ1v) is 13.7. The topological polar surface area (TPSA) is 81.4 Å². The number of nitrogens with zero attached hydrogens (tertiary/aromatic N) is 3. The highest BCUT2D eigenvalue weighted by Crippen LogP contribution is 2.28. The predicted molar refractivity (Wildman–Crippen MR) is 137 cm³/mol. The van der Waals surface area contributed by atoms with Crippen LogP contribution in [0.1, 0.15) is 10.4 Å². The summed E-state index contributed by atoms with van der Waals surface area (Å²) in [6.07, 6.45) is 6.73. The number of para-hydroxylation sites is 1. The number of rotatable bonds is 4. The van der Waals surface area contributed by atoms with E-state index in [-0.39, 0.29) is 11.4 Å². The lowest BCUT2D eigenvalue weighted by Gasteiger charge is -2.06. The second-order valence-corrected chi connectivity index (χ2v) is 11.5. The number of fused-ring (bicyclic) bond motifs is 2. The van der Waals surface area contributed by atoms with Crippen molar-refractivity contribution in [3.63, 3.8) is 0 Å². The fraction of sp³-hybridized carbons (Fsp3) is 0.0800. The Morgan fingerprint density at radius 2 is 1.97 bits per heavy atom. The molecule has 0 unspecified atom stereocenters. The molecule has 2 aromatic carbocycles. The number of benzene rings is 2. The zero-order chi connectivity index (χ0) is 23.9. The number of pyridine rings is 1. The van der Waals surface area contributed by atoms with Crippen LogP contribution in [0.2, 0.25) is 0 Å². The predicted octanol–water partition coefficient (Wildman–Crippen LogP) is 4.76. The maximum absolute atomic E-state index is 13.5. The average Bonchev–Trinajstić information content (AvgIpc) is 3.46. The lowest BCUT2D eigenvalue weighted by molar-refractivity contribution is 0.0999.